The Kier molecular flexibility index (Phi) is 5.71. The molecule has 0 aliphatic rings. The molecule has 0 fully saturated rings. The Balaban J connectivity index is 1.84. The first-order valence-electron chi connectivity index (χ1n) is 9.20. The highest BCUT2D eigenvalue weighted by Gasteiger charge is 2.35. The monoisotopic (exact) mass is 421 g/mol. The van der Waals surface area contributed by atoms with E-state index in [1.807, 2.05) is 0 Å². The van der Waals surface area contributed by atoms with Gasteiger partial charge in [-0.3, -0.25) is 4.98 Å². The second-order valence-corrected chi connectivity index (χ2v) is 7.50. The van der Waals surface area contributed by atoms with Crippen molar-refractivity contribution in [2.24, 2.45) is 0 Å². The van der Waals surface area contributed by atoms with E-state index in [2.05, 4.69) is 20.4 Å². The third-order valence-electron chi connectivity index (χ3n) is 4.09. The number of aromatic nitrogens is 4. The summed E-state index contributed by atoms with van der Waals surface area (Å²) in [7, 11) is 0. The molecule has 3 aromatic rings. The third kappa shape index (κ3) is 5.07. The topological polar surface area (TPSA) is 85.1 Å². The quantitative estimate of drug-likeness (QED) is 0.580. The van der Waals surface area contributed by atoms with Gasteiger partial charge in [0.2, 0.25) is 5.88 Å². The third-order valence-corrected chi connectivity index (χ3v) is 4.09. The Hall–Kier alpha value is -3.14. The molecule has 2 N–H and O–H groups in total. The summed E-state index contributed by atoms with van der Waals surface area (Å²) < 4.78 is 45.9. The molecule has 0 aliphatic heterocycles. The molecule has 0 radical (unpaired) electrons. The fraction of sp³-hybridized carbons (Fsp3) is 0.350. The lowest BCUT2D eigenvalue weighted by atomic mass is 10.0. The Morgan fingerprint density at radius 3 is 2.37 bits per heavy atom. The van der Waals surface area contributed by atoms with Gasteiger partial charge in [-0.15, -0.1) is 0 Å². The number of hydrogen-bond donors (Lipinski definition) is 2. The van der Waals surface area contributed by atoms with Crippen LogP contribution in [0.4, 0.5) is 24.7 Å². The zero-order chi connectivity index (χ0) is 22.1. The molecular formula is C20H22F3N5O2. The van der Waals surface area contributed by atoms with E-state index < -0.39 is 17.5 Å². The van der Waals surface area contributed by atoms with Crippen molar-refractivity contribution in [1.29, 1.82) is 0 Å². The molecule has 30 heavy (non-hydrogen) atoms. The Morgan fingerprint density at radius 2 is 1.73 bits per heavy atom. The molecule has 3 rings (SSSR count). The van der Waals surface area contributed by atoms with E-state index in [1.54, 1.807) is 52.1 Å². The molecule has 0 spiro atoms. The van der Waals surface area contributed by atoms with E-state index in [9.17, 15) is 18.3 Å². The number of hydrogen-bond acceptors (Lipinski definition) is 6. The summed E-state index contributed by atoms with van der Waals surface area (Å²) in [4.78, 5) is 8.33. The van der Waals surface area contributed by atoms with Crippen molar-refractivity contribution in [3.05, 3.63) is 54.1 Å². The number of rotatable bonds is 6. The number of nitrogens with zero attached hydrogens (tertiary/aromatic N) is 4. The molecular weight excluding hydrogens is 399 g/mol. The molecule has 0 aromatic carbocycles. The molecule has 0 unspecified atom stereocenters. The van der Waals surface area contributed by atoms with Gasteiger partial charge < -0.3 is 15.2 Å². The van der Waals surface area contributed by atoms with Crippen molar-refractivity contribution < 1.29 is 23.0 Å². The highest BCUT2D eigenvalue weighted by Crippen LogP contribution is 2.34. The van der Waals surface area contributed by atoms with E-state index in [4.69, 9.17) is 4.74 Å². The van der Waals surface area contributed by atoms with Gasteiger partial charge in [-0.2, -0.15) is 18.3 Å². The number of alkyl halides is 3. The van der Waals surface area contributed by atoms with Crippen LogP contribution in [-0.4, -0.2) is 24.9 Å². The normalized spacial score (nSPS) is 12.3. The number of aliphatic hydroxyl groups is 1. The van der Waals surface area contributed by atoms with Crippen LogP contribution >= 0.6 is 0 Å². The SMILES string of the molecule is CC(C)n1nc(C(F)(F)F)cc1Oc1ccnc(Nc2ccnc(C(C)(C)O)c2)c1. The number of nitrogens with one attached hydrogen (secondary N) is 1. The van der Waals surface area contributed by atoms with E-state index in [0.29, 0.717) is 22.9 Å². The number of pyridine rings is 2. The largest absolute Gasteiger partial charge is 0.439 e. The number of halogens is 3. The fourth-order valence-corrected chi connectivity index (χ4v) is 2.62. The molecule has 0 bridgehead atoms. The summed E-state index contributed by atoms with van der Waals surface area (Å²) in [5, 5.41) is 16.8. The van der Waals surface area contributed by atoms with Crippen molar-refractivity contribution in [2.45, 2.75) is 45.5 Å². The summed E-state index contributed by atoms with van der Waals surface area (Å²) >= 11 is 0. The van der Waals surface area contributed by atoms with Crippen molar-refractivity contribution in [1.82, 2.24) is 19.7 Å². The first-order chi connectivity index (χ1) is 13.9. The molecule has 0 atom stereocenters. The van der Waals surface area contributed by atoms with Gasteiger partial charge in [-0.25, -0.2) is 9.67 Å². The zero-order valence-corrected chi connectivity index (χ0v) is 16.9. The molecule has 160 valence electrons. The lowest BCUT2D eigenvalue weighted by Gasteiger charge is -2.17. The van der Waals surface area contributed by atoms with E-state index in [1.165, 1.54) is 16.9 Å². The Bertz CT molecular complexity index is 1030. The van der Waals surface area contributed by atoms with Crippen LogP contribution in [0.1, 0.15) is 45.1 Å². The lowest BCUT2D eigenvalue weighted by Crippen LogP contribution is -2.17. The summed E-state index contributed by atoms with van der Waals surface area (Å²) in [5.41, 5.74) is -1.02. The van der Waals surface area contributed by atoms with Crippen molar-refractivity contribution in [2.75, 3.05) is 5.32 Å². The summed E-state index contributed by atoms with van der Waals surface area (Å²) in [6.07, 6.45) is -1.55. The second-order valence-electron chi connectivity index (χ2n) is 7.50. The fourth-order valence-electron chi connectivity index (χ4n) is 2.62. The predicted molar refractivity (Wildman–Crippen MR) is 105 cm³/mol. The first kappa shape index (κ1) is 21.6. The Labute approximate surface area is 171 Å². The molecule has 3 aromatic heterocycles. The van der Waals surface area contributed by atoms with Gasteiger partial charge in [0.15, 0.2) is 5.69 Å². The molecule has 10 heteroatoms. The van der Waals surface area contributed by atoms with Crippen LogP contribution < -0.4 is 10.1 Å². The van der Waals surface area contributed by atoms with Crippen LogP contribution in [0.15, 0.2) is 42.7 Å². The summed E-state index contributed by atoms with van der Waals surface area (Å²) in [6, 6.07) is 7.01. The predicted octanol–water partition coefficient (Wildman–Crippen LogP) is 5.04. The minimum absolute atomic E-state index is 0.0253. The van der Waals surface area contributed by atoms with Crippen molar-refractivity contribution in [3.63, 3.8) is 0 Å². The molecule has 0 saturated heterocycles. The van der Waals surface area contributed by atoms with Gasteiger partial charge in [0, 0.05) is 30.2 Å². The highest BCUT2D eigenvalue weighted by atomic mass is 19.4. The minimum atomic E-state index is -4.57. The molecule has 0 aliphatic carbocycles. The van der Waals surface area contributed by atoms with Gasteiger partial charge in [-0.05, 0) is 45.9 Å². The lowest BCUT2D eigenvalue weighted by molar-refractivity contribution is -0.141. The standard InChI is InChI=1S/C20H22F3N5O2/c1-12(2)28-18(11-16(27-28)20(21,22)23)30-14-6-8-25-17(10-14)26-13-5-7-24-15(9-13)19(3,4)29/h5-12,29H,1-4H3,(H,24,25,26). The van der Waals surface area contributed by atoms with Gasteiger partial charge in [0.1, 0.15) is 17.2 Å². The van der Waals surface area contributed by atoms with Crippen molar-refractivity contribution >= 4 is 11.5 Å². The number of ether oxygens (including phenoxy) is 1. The van der Waals surface area contributed by atoms with E-state index in [-0.39, 0.29) is 11.9 Å². The second kappa shape index (κ2) is 7.94. The maximum absolute atomic E-state index is 13.0. The smallest absolute Gasteiger partial charge is 0.435 e. The summed E-state index contributed by atoms with van der Waals surface area (Å²) in [5.74, 6) is 0.676. The average Bonchev–Trinajstić information content (AvgIpc) is 3.06. The van der Waals surface area contributed by atoms with Crippen LogP contribution in [0.3, 0.4) is 0 Å². The van der Waals surface area contributed by atoms with Crippen LogP contribution in [-0.2, 0) is 11.8 Å². The van der Waals surface area contributed by atoms with E-state index in [0.717, 1.165) is 6.07 Å². The van der Waals surface area contributed by atoms with Crippen LogP contribution in [0.2, 0.25) is 0 Å². The van der Waals surface area contributed by atoms with Crippen LogP contribution in [0.5, 0.6) is 11.6 Å². The maximum Gasteiger partial charge on any atom is 0.435 e. The van der Waals surface area contributed by atoms with Gasteiger partial charge in [0.05, 0.1) is 11.7 Å². The minimum Gasteiger partial charge on any atom is -0.439 e. The average molecular weight is 421 g/mol. The first-order valence-corrected chi connectivity index (χ1v) is 9.20. The van der Waals surface area contributed by atoms with Gasteiger partial charge in [0.25, 0.3) is 0 Å². The van der Waals surface area contributed by atoms with Crippen molar-refractivity contribution in [3.8, 4) is 11.6 Å². The number of anilines is 2. The van der Waals surface area contributed by atoms with Crippen LogP contribution in [0, 0.1) is 0 Å². The van der Waals surface area contributed by atoms with Crippen LogP contribution in [0.25, 0.3) is 0 Å². The Morgan fingerprint density at radius 1 is 1.03 bits per heavy atom. The van der Waals surface area contributed by atoms with E-state index >= 15 is 0 Å². The highest BCUT2D eigenvalue weighted by molar-refractivity contribution is 5.57. The molecule has 3 heterocycles. The van der Waals surface area contributed by atoms with Gasteiger partial charge in [-0.1, -0.05) is 0 Å². The van der Waals surface area contributed by atoms with Gasteiger partial charge >= 0.3 is 6.18 Å². The zero-order valence-electron chi connectivity index (χ0n) is 16.9. The maximum atomic E-state index is 13.0. The molecule has 7 nitrogen and oxygen atoms in total. The molecule has 0 saturated carbocycles. The summed E-state index contributed by atoms with van der Waals surface area (Å²) in [6.45, 7) is 6.67. The molecule has 0 amide bonds.